The number of halogens is 1. The molecule has 0 atom stereocenters. The molecule has 0 saturated heterocycles. The second-order valence-electron chi connectivity index (χ2n) is 3.63. The largest absolute Gasteiger partial charge is 0.399 e. The van der Waals surface area contributed by atoms with Crippen LogP contribution in [0.1, 0.15) is 13.3 Å². The molecular weight excluding hydrogens is 278 g/mol. The lowest BCUT2D eigenvalue weighted by molar-refractivity contribution is 0.596. The van der Waals surface area contributed by atoms with Gasteiger partial charge in [-0.1, -0.05) is 18.5 Å². The molecule has 2 N–H and O–H groups in total. The number of hydrogen-bond donors (Lipinski definition) is 1. The maximum absolute atomic E-state index is 11.3. The molecule has 1 rings (SSSR count). The molecule has 0 aromatic heterocycles. The zero-order chi connectivity index (χ0) is 12.9. The summed E-state index contributed by atoms with van der Waals surface area (Å²) in [6, 6.07) is 5.35. The third-order valence-corrected chi connectivity index (χ3v) is 5.63. The molecule has 0 amide bonds. The molecule has 96 valence electrons. The van der Waals surface area contributed by atoms with Crippen molar-refractivity contribution in [3.63, 3.8) is 0 Å². The molecule has 0 heterocycles. The van der Waals surface area contributed by atoms with E-state index in [0.29, 0.717) is 17.1 Å². The number of rotatable bonds is 6. The molecular formula is C11H16ClNO2S2. The monoisotopic (exact) mass is 293 g/mol. The van der Waals surface area contributed by atoms with Crippen LogP contribution in [0.5, 0.6) is 0 Å². The second kappa shape index (κ2) is 6.52. The Hall–Kier alpha value is -0.390. The summed E-state index contributed by atoms with van der Waals surface area (Å²) in [5.74, 6) is 1.19. The van der Waals surface area contributed by atoms with E-state index in [-0.39, 0.29) is 11.5 Å². The summed E-state index contributed by atoms with van der Waals surface area (Å²) in [4.78, 5) is 0.940. The van der Waals surface area contributed by atoms with E-state index in [0.717, 1.165) is 10.6 Å². The molecule has 0 aliphatic rings. The lowest BCUT2D eigenvalue weighted by Crippen LogP contribution is -2.09. The summed E-state index contributed by atoms with van der Waals surface area (Å²) in [5.41, 5.74) is 6.22. The van der Waals surface area contributed by atoms with Gasteiger partial charge in [0.25, 0.3) is 0 Å². The molecule has 0 radical (unpaired) electrons. The highest BCUT2D eigenvalue weighted by Gasteiger charge is 2.07. The Morgan fingerprint density at radius 2 is 2.12 bits per heavy atom. The molecule has 0 unspecified atom stereocenters. The zero-order valence-corrected chi connectivity index (χ0v) is 12.0. The van der Waals surface area contributed by atoms with Gasteiger partial charge in [0.05, 0.1) is 10.8 Å². The van der Waals surface area contributed by atoms with E-state index < -0.39 is 9.84 Å². The van der Waals surface area contributed by atoms with Crippen molar-refractivity contribution in [1.82, 2.24) is 0 Å². The molecule has 1 aromatic rings. The lowest BCUT2D eigenvalue weighted by atomic mass is 10.3. The van der Waals surface area contributed by atoms with Crippen LogP contribution in [0.15, 0.2) is 23.1 Å². The third-order valence-electron chi connectivity index (χ3n) is 2.25. The predicted molar refractivity (Wildman–Crippen MR) is 75.5 cm³/mol. The van der Waals surface area contributed by atoms with Crippen molar-refractivity contribution >= 4 is 38.9 Å². The summed E-state index contributed by atoms with van der Waals surface area (Å²) in [6.07, 6.45) is 0.640. The zero-order valence-electron chi connectivity index (χ0n) is 9.65. The van der Waals surface area contributed by atoms with Gasteiger partial charge in [-0.3, -0.25) is 0 Å². The number of nitrogens with two attached hydrogens (primary N) is 1. The van der Waals surface area contributed by atoms with E-state index in [1.807, 2.05) is 6.07 Å². The van der Waals surface area contributed by atoms with Crippen molar-refractivity contribution in [2.75, 3.05) is 23.0 Å². The standard InChI is InChI=1S/C11H16ClNO2S2/c1-2-17(14,15)7-3-6-16-11-5-4-9(13)8-10(11)12/h4-5,8H,2-3,6-7,13H2,1H3. The van der Waals surface area contributed by atoms with Crippen LogP contribution in [0.25, 0.3) is 0 Å². The van der Waals surface area contributed by atoms with E-state index in [1.54, 1.807) is 30.8 Å². The van der Waals surface area contributed by atoms with Gasteiger partial charge in [0.15, 0.2) is 0 Å². The van der Waals surface area contributed by atoms with Gasteiger partial charge in [0.1, 0.15) is 9.84 Å². The third kappa shape index (κ3) is 5.19. The molecule has 6 heteroatoms. The Balaban J connectivity index is 2.41. The van der Waals surface area contributed by atoms with E-state index in [4.69, 9.17) is 17.3 Å². The van der Waals surface area contributed by atoms with Crippen LogP contribution < -0.4 is 5.73 Å². The first-order valence-electron chi connectivity index (χ1n) is 5.33. The Labute approximate surface area is 112 Å². The van der Waals surface area contributed by atoms with Crippen molar-refractivity contribution in [1.29, 1.82) is 0 Å². The van der Waals surface area contributed by atoms with E-state index in [1.165, 1.54) is 0 Å². The molecule has 1 aromatic carbocycles. The Bertz CT molecular complexity index is 474. The Morgan fingerprint density at radius 3 is 2.71 bits per heavy atom. The lowest BCUT2D eigenvalue weighted by Gasteiger charge is -2.05. The molecule has 0 spiro atoms. The quantitative estimate of drug-likeness (QED) is 0.498. The van der Waals surface area contributed by atoms with Gasteiger partial charge in [0.2, 0.25) is 0 Å². The van der Waals surface area contributed by atoms with Crippen LogP contribution in [-0.4, -0.2) is 25.7 Å². The average molecular weight is 294 g/mol. The second-order valence-corrected chi connectivity index (χ2v) is 7.64. The van der Waals surface area contributed by atoms with Crippen molar-refractivity contribution in [2.24, 2.45) is 0 Å². The minimum Gasteiger partial charge on any atom is -0.399 e. The molecule has 0 aliphatic heterocycles. The molecule has 0 bridgehead atoms. The average Bonchev–Trinajstić information content (AvgIpc) is 2.27. The minimum absolute atomic E-state index is 0.209. The molecule has 0 aliphatic carbocycles. The van der Waals surface area contributed by atoms with E-state index in [9.17, 15) is 8.42 Å². The number of thioether (sulfide) groups is 1. The summed E-state index contributed by atoms with van der Waals surface area (Å²) in [5, 5.41) is 0.619. The first-order valence-corrected chi connectivity index (χ1v) is 8.51. The fraction of sp³-hybridized carbons (Fsp3) is 0.455. The highest BCUT2D eigenvalue weighted by Crippen LogP contribution is 2.29. The van der Waals surface area contributed by atoms with Crippen LogP contribution in [0.2, 0.25) is 5.02 Å². The van der Waals surface area contributed by atoms with Gasteiger partial charge in [0, 0.05) is 16.3 Å². The summed E-state index contributed by atoms with van der Waals surface area (Å²) < 4.78 is 22.5. The fourth-order valence-electron chi connectivity index (χ4n) is 1.24. The predicted octanol–water partition coefficient (Wildman–Crippen LogP) is 2.84. The van der Waals surface area contributed by atoms with E-state index in [2.05, 4.69) is 0 Å². The number of benzene rings is 1. The SMILES string of the molecule is CCS(=O)(=O)CCCSc1ccc(N)cc1Cl. The Morgan fingerprint density at radius 1 is 1.41 bits per heavy atom. The van der Waals surface area contributed by atoms with Gasteiger partial charge in [-0.05, 0) is 30.4 Å². The van der Waals surface area contributed by atoms with Crippen LogP contribution in [-0.2, 0) is 9.84 Å². The topological polar surface area (TPSA) is 60.2 Å². The van der Waals surface area contributed by atoms with Crippen LogP contribution >= 0.6 is 23.4 Å². The first-order chi connectivity index (χ1) is 7.94. The summed E-state index contributed by atoms with van der Waals surface area (Å²) in [7, 11) is -2.86. The van der Waals surface area contributed by atoms with Crippen LogP contribution in [0, 0.1) is 0 Å². The van der Waals surface area contributed by atoms with Crippen molar-refractivity contribution in [2.45, 2.75) is 18.2 Å². The number of sulfone groups is 1. The van der Waals surface area contributed by atoms with Gasteiger partial charge in [-0.15, -0.1) is 11.8 Å². The maximum atomic E-state index is 11.3. The number of anilines is 1. The molecule has 0 fully saturated rings. The summed E-state index contributed by atoms with van der Waals surface area (Å²) in [6.45, 7) is 1.67. The smallest absolute Gasteiger partial charge is 0.150 e. The summed E-state index contributed by atoms with van der Waals surface area (Å²) >= 11 is 7.56. The van der Waals surface area contributed by atoms with E-state index >= 15 is 0 Å². The number of nitrogen functional groups attached to an aromatic ring is 1. The highest BCUT2D eigenvalue weighted by molar-refractivity contribution is 7.99. The molecule has 0 saturated carbocycles. The fourth-order valence-corrected chi connectivity index (χ4v) is 3.52. The normalized spacial score (nSPS) is 11.6. The van der Waals surface area contributed by atoms with Gasteiger partial charge < -0.3 is 5.73 Å². The van der Waals surface area contributed by atoms with Crippen molar-refractivity contribution in [3.8, 4) is 0 Å². The minimum atomic E-state index is -2.86. The van der Waals surface area contributed by atoms with Crippen LogP contribution in [0.4, 0.5) is 5.69 Å². The first kappa shape index (κ1) is 14.7. The van der Waals surface area contributed by atoms with Crippen molar-refractivity contribution < 1.29 is 8.42 Å². The van der Waals surface area contributed by atoms with Gasteiger partial charge >= 0.3 is 0 Å². The maximum Gasteiger partial charge on any atom is 0.150 e. The van der Waals surface area contributed by atoms with Gasteiger partial charge in [-0.2, -0.15) is 0 Å². The number of hydrogen-bond acceptors (Lipinski definition) is 4. The van der Waals surface area contributed by atoms with Crippen LogP contribution in [0.3, 0.4) is 0 Å². The highest BCUT2D eigenvalue weighted by atomic mass is 35.5. The molecule has 17 heavy (non-hydrogen) atoms. The van der Waals surface area contributed by atoms with Crippen molar-refractivity contribution in [3.05, 3.63) is 23.2 Å². The van der Waals surface area contributed by atoms with Gasteiger partial charge in [-0.25, -0.2) is 8.42 Å². The Kier molecular flexibility index (Phi) is 5.62. The molecule has 3 nitrogen and oxygen atoms in total.